The second kappa shape index (κ2) is 9.07. The van der Waals surface area contributed by atoms with Crippen molar-refractivity contribution in [3.63, 3.8) is 0 Å². The molecule has 0 saturated carbocycles. The summed E-state index contributed by atoms with van der Waals surface area (Å²) < 4.78 is 42.8. The van der Waals surface area contributed by atoms with E-state index < -0.39 is 17.6 Å². The van der Waals surface area contributed by atoms with E-state index in [0.717, 1.165) is 0 Å². The fourth-order valence-corrected chi connectivity index (χ4v) is 2.53. The lowest BCUT2D eigenvalue weighted by atomic mass is 10.2. The smallest absolute Gasteiger partial charge is 0.417 e. The van der Waals surface area contributed by atoms with Crippen molar-refractivity contribution in [2.75, 3.05) is 0 Å². The molecule has 0 saturated heterocycles. The number of carbonyl (C=O) groups excluding carboxylic acids is 1. The number of carbonyl (C=O) groups is 1. The van der Waals surface area contributed by atoms with Gasteiger partial charge in [-0.25, -0.2) is 9.78 Å². The van der Waals surface area contributed by atoms with Crippen LogP contribution in [0.1, 0.15) is 40.2 Å². The number of nitrogens with one attached hydrogen (secondary N) is 2. The van der Waals surface area contributed by atoms with Crippen molar-refractivity contribution < 1.29 is 22.7 Å². The van der Waals surface area contributed by atoms with Crippen LogP contribution in [0.15, 0.2) is 24.0 Å². The average Bonchev–Trinajstić information content (AvgIpc) is 2.46. The minimum atomic E-state index is -4.58. The minimum absolute atomic E-state index is 0.0244. The van der Waals surface area contributed by atoms with Crippen molar-refractivity contribution in [1.82, 2.24) is 15.2 Å². The number of halogens is 4. The van der Waals surface area contributed by atoms with Crippen LogP contribution in [-0.2, 0) is 6.18 Å². The topological polar surface area (TPSA) is 78.3 Å². The van der Waals surface area contributed by atoms with Gasteiger partial charge in [0.1, 0.15) is 5.02 Å². The van der Waals surface area contributed by atoms with Gasteiger partial charge in [-0.2, -0.15) is 13.2 Å². The maximum absolute atomic E-state index is 12.6. The third-order valence-electron chi connectivity index (χ3n) is 3.34. The van der Waals surface area contributed by atoms with Crippen LogP contribution in [0, 0.1) is 5.41 Å². The SMILES string of the molecule is C/C(=C/C(=N)Oc1ncc(C(F)(F)F)cc1Cl)NC(=O)N(C(C)C)C(C)C. The van der Waals surface area contributed by atoms with Gasteiger partial charge < -0.3 is 15.0 Å². The third-order valence-corrected chi connectivity index (χ3v) is 3.61. The van der Waals surface area contributed by atoms with Crippen LogP contribution in [-0.4, -0.2) is 33.9 Å². The van der Waals surface area contributed by atoms with E-state index in [1.165, 1.54) is 6.08 Å². The molecule has 0 aromatic carbocycles. The van der Waals surface area contributed by atoms with E-state index in [-0.39, 0.29) is 29.0 Å². The number of hydrogen-bond donors (Lipinski definition) is 2. The predicted octanol–water partition coefficient (Wildman–Crippen LogP) is 4.84. The molecule has 0 spiro atoms. The van der Waals surface area contributed by atoms with Crippen molar-refractivity contribution >= 4 is 23.5 Å². The zero-order valence-electron chi connectivity index (χ0n) is 15.6. The Morgan fingerprint density at radius 2 is 1.89 bits per heavy atom. The van der Waals surface area contributed by atoms with Gasteiger partial charge in [-0.1, -0.05) is 11.6 Å². The number of nitrogens with zero attached hydrogens (tertiary/aromatic N) is 2. The molecule has 10 heteroatoms. The average molecular weight is 407 g/mol. The minimum Gasteiger partial charge on any atom is -0.420 e. The molecule has 6 nitrogen and oxygen atoms in total. The molecule has 0 aliphatic rings. The Morgan fingerprint density at radius 1 is 1.33 bits per heavy atom. The fraction of sp³-hybridized carbons (Fsp3) is 0.471. The number of urea groups is 1. The zero-order chi connectivity index (χ0) is 20.9. The highest BCUT2D eigenvalue weighted by atomic mass is 35.5. The monoisotopic (exact) mass is 406 g/mol. The molecule has 2 N–H and O–H groups in total. The molecule has 1 aromatic rings. The number of pyridine rings is 1. The lowest BCUT2D eigenvalue weighted by Crippen LogP contribution is -2.47. The highest BCUT2D eigenvalue weighted by Gasteiger charge is 2.31. The molecule has 27 heavy (non-hydrogen) atoms. The van der Waals surface area contributed by atoms with Crippen LogP contribution >= 0.6 is 11.6 Å². The number of rotatable bonds is 5. The second-order valence-corrected chi connectivity index (χ2v) is 6.73. The summed E-state index contributed by atoms with van der Waals surface area (Å²) in [5.41, 5.74) is -0.702. The van der Waals surface area contributed by atoms with Gasteiger partial charge in [0, 0.05) is 30.1 Å². The Hall–Kier alpha value is -2.29. The van der Waals surface area contributed by atoms with E-state index in [2.05, 4.69) is 10.3 Å². The number of hydrogen-bond acceptors (Lipinski definition) is 4. The summed E-state index contributed by atoms with van der Waals surface area (Å²) in [5, 5.41) is 10.0. The van der Waals surface area contributed by atoms with E-state index in [0.29, 0.717) is 18.0 Å². The summed E-state index contributed by atoms with van der Waals surface area (Å²) in [7, 11) is 0. The molecule has 150 valence electrons. The van der Waals surface area contributed by atoms with Gasteiger partial charge >= 0.3 is 12.2 Å². The standard InChI is InChI=1S/C17H22ClF3N4O2/c1-9(2)25(10(3)4)16(26)24-11(5)6-14(22)27-15-13(18)7-12(8-23-15)17(19,20)21/h6-10,22H,1-5H3,(H,24,26)/b11-6-,22-14?. The van der Waals surface area contributed by atoms with Crippen molar-refractivity contribution in [1.29, 1.82) is 5.41 Å². The summed E-state index contributed by atoms with van der Waals surface area (Å²) in [6.45, 7) is 9.06. The van der Waals surface area contributed by atoms with Crippen LogP contribution in [0.25, 0.3) is 0 Å². The fourth-order valence-electron chi connectivity index (χ4n) is 2.32. The van der Waals surface area contributed by atoms with Gasteiger partial charge in [0.2, 0.25) is 11.8 Å². The molecular formula is C17H22ClF3N4O2. The van der Waals surface area contributed by atoms with Gasteiger partial charge in [0.05, 0.1) is 5.56 Å². The molecule has 1 rings (SSSR count). The molecule has 0 atom stereocenters. The first-order valence-corrected chi connectivity index (χ1v) is 8.47. The summed E-state index contributed by atoms with van der Waals surface area (Å²) >= 11 is 5.73. The summed E-state index contributed by atoms with van der Waals surface area (Å²) in [6.07, 6.45) is -2.81. The molecule has 0 aliphatic carbocycles. The molecular weight excluding hydrogens is 385 g/mol. The van der Waals surface area contributed by atoms with Crippen LogP contribution in [0.2, 0.25) is 5.02 Å². The number of alkyl halides is 3. The largest absolute Gasteiger partial charge is 0.420 e. The number of allylic oxidation sites excluding steroid dienone is 1. The Labute approximate surface area is 160 Å². The lowest BCUT2D eigenvalue weighted by molar-refractivity contribution is -0.137. The molecule has 1 heterocycles. The summed E-state index contributed by atoms with van der Waals surface area (Å²) in [4.78, 5) is 17.4. The number of aromatic nitrogens is 1. The normalized spacial score (nSPS) is 12.3. The zero-order valence-corrected chi connectivity index (χ0v) is 16.4. The molecule has 0 bridgehead atoms. The molecule has 1 aromatic heterocycles. The van der Waals surface area contributed by atoms with E-state index in [4.69, 9.17) is 21.7 Å². The highest BCUT2D eigenvalue weighted by Crippen LogP contribution is 2.33. The van der Waals surface area contributed by atoms with Crippen molar-refractivity contribution in [2.45, 2.75) is 52.9 Å². The van der Waals surface area contributed by atoms with Crippen molar-refractivity contribution in [3.8, 4) is 5.88 Å². The first-order valence-electron chi connectivity index (χ1n) is 8.09. The molecule has 2 amide bonds. The van der Waals surface area contributed by atoms with Gasteiger partial charge in [0.25, 0.3) is 0 Å². The Balaban J connectivity index is 2.82. The molecule has 0 unspecified atom stereocenters. The summed E-state index contributed by atoms with van der Waals surface area (Å²) in [6, 6.07) is 0.276. The van der Waals surface area contributed by atoms with Crippen LogP contribution in [0.3, 0.4) is 0 Å². The van der Waals surface area contributed by atoms with E-state index in [9.17, 15) is 18.0 Å². The van der Waals surface area contributed by atoms with Crippen molar-refractivity contribution in [2.24, 2.45) is 0 Å². The van der Waals surface area contributed by atoms with E-state index >= 15 is 0 Å². The maximum atomic E-state index is 12.6. The molecule has 0 radical (unpaired) electrons. The van der Waals surface area contributed by atoms with Crippen molar-refractivity contribution in [3.05, 3.63) is 34.6 Å². The quantitative estimate of drug-likeness (QED) is 0.542. The van der Waals surface area contributed by atoms with Crippen LogP contribution in [0.5, 0.6) is 5.88 Å². The lowest BCUT2D eigenvalue weighted by Gasteiger charge is -2.30. The number of amides is 2. The van der Waals surface area contributed by atoms with Gasteiger partial charge in [-0.15, -0.1) is 0 Å². The Bertz CT molecular complexity index is 725. The Morgan fingerprint density at radius 3 is 2.33 bits per heavy atom. The van der Waals surface area contributed by atoms with E-state index in [1.807, 2.05) is 27.7 Å². The highest BCUT2D eigenvalue weighted by molar-refractivity contribution is 6.32. The van der Waals surface area contributed by atoms with Crippen LogP contribution in [0.4, 0.5) is 18.0 Å². The maximum Gasteiger partial charge on any atom is 0.417 e. The predicted molar refractivity (Wildman–Crippen MR) is 97.0 cm³/mol. The second-order valence-electron chi connectivity index (χ2n) is 6.33. The molecule has 0 aliphatic heterocycles. The number of ether oxygens (including phenoxy) is 1. The van der Waals surface area contributed by atoms with E-state index in [1.54, 1.807) is 11.8 Å². The first kappa shape index (κ1) is 22.8. The summed E-state index contributed by atoms with van der Waals surface area (Å²) in [5.74, 6) is -0.779. The van der Waals surface area contributed by atoms with Gasteiger partial charge in [0.15, 0.2) is 0 Å². The van der Waals surface area contributed by atoms with Gasteiger partial charge in [-0.05, 0) is 40.7 Å². The Kier molecular flexibility index (Phi) is 7.65. The van der Waals surface area contributed by atoms with Crippen LogP contribution < -0.4 is 10.1 Å². The third kappa shape index (κ3) is 6.74. The van der Waals surface area contributed by atoms with Gasteiger partial charge in [-0.3, -0.25) is 5.41 Å². The first-order chi connectivity index (χ1) is 12.3. The molecule has 0 fully saturated rings.